The highest BCUT2D eigenvalue weighted by Gasteiger charge is 2.58. The van der Waals surface area contributed by atoms with Gasteiger partial charge in [-0.05, 0) is 46.2 Å². The summed E-state index contributed by atoms with van der Waals surface area (Å²) in [5.74, 6) is -1.93. The van der Waals surface area contributed by atoms with E-state index < -0.39 is 16.7 Å². The van der Waals surface area contributed by atoms with Crippen molar-refractivity contribution in [3.8, 4) is 16.5 Å². The number of aromatic nitrogens is 2. The zero-order valence-electron chi connectivity index (χ0n) is 16.2. The minimum Gasteiger partial charge on any atom is -0.467 e. The Kier molecular flexibility index (Phi) is 4.54. The molecule has 1 aliphatic rings. The van der Waals surface area contributed by atoms with Gasteiger partial charge in [0.15, 0.2) is 17.3 Å². The Morgan fingerprint density at radius 1 is 1.00 bits per heavy atom. The van der Waals surface area contributed by atoms with Crippen molar-refractivity contribution in [1.82, 2.24) is 9.97 Å². The molecular weight excluding hydrogens is 364 g/mol. The molecule has 0 saturated heterocycles. The van der Waals surface area contributed by atoms with Gasteiger partial charge in [0.05, 0.1) is 17.9 Å². The zero-order valence-corrected chi connectivity index (χ0v) is 17.1. The number of carbonyl (C=O) groups is 3. The molecule has 0 aromatic carbocycles. The number of thiophene rings is 1. The van der Waals surface area contributed by atoms with Crippen molar-refractivity contribution in [2.45, 2.75) is 40.5 Å². The standard InChI is InChI=1S/C20H22N2O4S/c1-10-12(7-13(27-10)11-8-21-18(26-6)22-9-11)14-15(23)19(2,3)17(25)20(4,5)16(14)24/h7-9,14H,1-6H3. The highest BCUT2D eigenvalue weighted by molar-refractivity contribution is 7.15. The third-order valence-electron chi connectivity index (χ3n) is 5.25. The second-order valence-electron chi connectivity index (χ2n) is 7.82. The number of carbonyl (C=O) groups excluding carboxylic acids is 3. The average molecular weight is 386 g/mol. The van der Waals surface area contributed by atoms with E-state index in [9.17, 15) is 14.4 Å². The number of hydrogen-bond donors (Lipinski definition) is 0. The molecule has 7 heteroatoms. The van der Waals surface area contributed by atoms with Gasteiger partial charge in [0.1, 0.15) is 5.92 Å². The van der Waals surface area contributed by atoms with Crippen LogP contribution in [0.2, 0.25) is 0 Å². The molecule has 1 fully saturated rings. The number of aryl methyl sites for hydroxylation is 1. The van der Waals surface area contributed by atoms with E-state index in [4.69, 9.17) is 4.74 Å². The van der Waals surface area contributed by atoms with Crippen LogP contribution in [-0.4, -0.2) is 34.4 Å². The summed E-state index contributed by atoms with van der Waals surface area (Å²) in [7, 11) is 1.49. The van der Waals surface area contributed by atoms with Crippen LogP contribution in [-0.2, 0) is 14.4 Å². The van der Waals surface area contributed by atoms with Crippen LogP contribution in [0.1, 0.15) is 44.1 Å². The monoisotopic (exact) mass is 386 g/mol. The van der Waals surface area contributed by atoms with Crippen molar-refractivity contribution in [2.24, 2.45) is 10.8 Å². The third-order valence-corrected chi connectivity index (χ3v) is 6.37. The minimum atomic E-state index is -1.19. The van der Waals surface area contributed by atoms with E-state index in [0.29, 0.717) is 5.56 Å². The SMILES string of the molecule is COc1ncc(-c2cc(C3C(=O)C(C)(C)C(=O)C(C)(C)C3=O)c(C)s2)cn1. The highest BCUT2D eigenvalue weighted by atomic mass is 32.1. The maximum Gasteiger partial charge on any atom is 0.316 e. The van der Waals surface area contributed by atoms with E-state index >= 15 is 0 Å². The first kappa shape index (κ1) is 19.4. The van der Waals surface area contributed by atoms with E-state index in [1.54, 1.807) is 40.1 Å². The molecular formula is C20H22N2O4S. The third kappa shape index (κ3) is 2.90. The lowest BCUT2D eigenvalue weighted by Crippen LogP contribution is -2.56. The zero-order chi connectivity index (χ0) is 20.1. The Balaban J connectivity index is 2.07. The number of methoxy groups -OCH3 is 1. The van der Waals surface area contributed by atoms with Gasteiger partial charge >= 0.3 is 6.01 Å². The van der Waals surface area contributed by atoms with Crippen molar-refractivity contribution >= 4 is 28.7 Å². The predicted octanol–water partition coefficient (Wildman–Crippen LogP) is 3.38. The lowest BCUT2D eigenvalue weighted by atomic mass is 9.57. The molecule has 2 heterocycles. The quantitative estimate of drug-likeness (QED) is 0.752. The molecule has 0 radical (unpaired) electrons. The fourth-order valence-corrected chi connectivity index (χ4v) is 4.64. The van der Waals surface area contributed by atoms with Gasteiger partial charge in [-0.1, -0.05) is 0 Å². The van der Waals surface area contributed by atoms with Crippen LogP contribution in [0.25, 0.3) is 10.4 Å². The first-order valence-corrected chi connectivity index (χ1v) is 9.43. The van der Waals surface area contributed by atoms with Crippen molar-refractivity contribution in [2.75, 3.05) is 7.11 Å². The molecule has 0 atom stereocenters. The molecule has 0 N–H and O–H groups in total. The van der Waals surface area contributed by atoms with Crippen molar-refractivity contribution in [1.29, 1.82) is 0 Å². The molecule has 0 unspecified atom stereocenters. The largest absolute Gasteiger partial charge is 0.467 e. The molecule has 142 valence electrons. The van der Waals surface area contributed by atoms with Gasteiger partial charge in [-0.3, -0.25) is 14.4 Å². The van der Waals surface area contributed by atoms with Crippen LogP contribution >= 0.6 is 11.3 Å². The van der Waals surface area contributed by atoms with Gasteiger partial charge in [0.25, 0.3) is 0 Å². The van der Waals surface area contributed by atoms with Gasteiger partial charge in [0, 0.05) is 27.7 Å². The molecule has 0 spiro atoms. The summed E-state index contributed by atoms with van der Waals surface area (Å²) in [6.07, 6.45) is 3.28. The molecule has 0 aliphatic heterocycles. The number of hydrogen-bond acceptors (Lipinski definition) is 7. The van der Waals surface area contributed by atoms with Crippen LogP contribution in [0.15, 0.2) is 18.5 Å². The van der Waals surface area contributed by atoms with Crippen molar-refractivity contribution in [3.05, 3.63) is 28.9 Å². The van der Waals surface area contributed by atoms with E-state index in [2.05, 4.69) is 9.97 Å². The van der Waals surface area contributed by atoms with Crippen LogP contribution in [0.3, 0.4) is 0 Å². The summed E-state index contributed by atoms with van der Waals surface area (Å²) in [6.45, 7) is 8.32. The van der Waals surface area contributed by atoms with Crippen molar-refractivity contribution in [3.63, 3.8) is 0 Å². The second-order valence-corrected chi connectivity index (χ2v) is 9.08. The Hall–Kier alpha value is -2.41. The number of ketones is 3. The summed E-state index contributed by atoms with van der Waals surface area (Å²) >= 11 is 1.47. The number of Topliss-reactive ketones (excluding diaryl/α,β-unsaturated/α-hetero) is 3. The van der Waals surface area contributed by atoms with Crippen LogP contribution < -0.4 is 4.74 Å². The van der Waals surface area contributed by atoms with Gasteiger partial charge in [-0.2, -0.15) is 0 Å². The fraction of sp³-hybridized carbons (Fsp3) is 0.450. The molecule has 1 saturated carbocycles. The Bertz CT molecular complexity index is 911. The lowest BCUT2D eigenvalue weighted by molar-refractivity contribution is -0.157. The molecule has 6 nitrogen and oxygen atoms in total. The lowest BCUT2D eigenvalue weighted by Gasteiger charge is -2.40. The summed E-state index contributed by atoms with van der Waals surface area (Å²) in [5, 5.41) is 0. The number of rotatable bonds is 3. The smallest absolute Gasteiger partial charge is 0.316 e. The first-order chi connectivity index (χ1) is 12.5. The number of ether oxygens (including phenoxy) is 1. The van der Waals surface area contributed by atoms with Gasteiger partial charge in [-0.15, -0.1) is 11.3 Å². The van der Waals surface area contributed by atoms with E-state index in [1.807, 2.05) is 13.0 Å². The summed E-state index contributed by atoms with van der Waals surface area (Å²) in [5.41, 5.74) is -0.949. The van der Waals surface area contributed by atoms with Crippen LogP contribution in [0.5, 0.6) is 6.01 Å². The molecule has 27 heavy (non-hydrogen) atoms. The van der Waals surface area contributed by atoms with E-state index in [0.717, 1.165) is 15.3 Å². The summed E-state index contributed by atoms with van der Waals surface area (Å²) < 4.78 is 4.97. The predicted molar refractivity (Wildman–Crippen MR) is 102 cm³/mol. The van der Waals surface area contributed by atoms with Gasteiger partial charge < -0.3 is 4.74 Å². The first-order valence-electron chi connectivity index (χ1n) is 8.62. The number of nitrogens with zero attached hydrogens (tertiary/aromatic N) is 2. The molecule has 1 aliphatic carbocycles. The van der Waals surface area contributed by atoms with Crippen LogP contribution in [0.4, 0.5) is 0 Å². The topological polar surface area (TPSA) is 86.2 Å². The summed E-state index contributed by atoms with van der Waals surface area (Å²) in [6, 6.07) is 2.11. The Labute approximate surface area is 162 Å². The fourth-order valence-electron chi connectivity index (χ4n) is 3.60. The second kappa shape index (κ2) is 6.34. The van der Waals surface area contributed by atoms with E-state index in [1.165, 1.54) is 18.4 Å². The Morgan fingerprint density at radius 2 is 1.52 bits per heavy atom. The molecule has 2 aromatic heterocycles. The normalized spacial score (nSPS) is 19.4. The molecule has 3 rings (SSSR count). The molecule has 0 bridgehead atoms. The molecule has 0 amide bonds. The van der Waals surface area contributed by atoms with E-state index in [-0.39, 0.29) is 23.4 Å². The summed E-state index contributed by atoms with van der Waals surface area (Å²) in [4.78, 5) is 48.7. The maximum absolute atomic E-state index is 13.1. The van der Waals surface area contributed by atoms with Crippen molar-refractivity contribution < 1.29 is 19.1 Å². The Morgan fingerprint density at radius 3 is 2.00 bits per heavy atom. The molecule has 2 aromatic rings. The maximum atomic E-state index is 13.1. The van der Waals surface area contributed by atoms with Gasteiger partial charge in [-0.25, -0.2) is 9.97 Å². The minimum absolute atomic E-state index is 0.270. The highest BCUT2D eigenvalue weighted by Crippen LogP contribution is 2.47. The average Bonchev–Trinajstić information content (AvgIpc) is 3.01. The van der Waals surface area contributed by atoms with Gasteiger partial charge in [0.2, 0.25) is 0 Å². The van der Waals surface area contributed by atoms with Crippen LogP contribution in [0, 0.1) is 17.8 Å².